The summed E-state index contributed by atoms with van der Waals surface area (Å²) in [5.41, 5.74) is 7.58. The van der Waals surface area contributed by atoms with Gasteiger partial charge >= 0.3 is 0 Å². The van der Waals surface area contributed by atoms with E-state index in [4.69, 9.17) is 18.7 Å². The first kappa shape index (κ1) is 20.4. The van der Waals surface area contributed by atoms with E-state index in [1.807, 2.05) is 11.0 Å². The zero-order chi connectivity index (χ0) is 33.4. The number of ether oxygens (including phenoxy) is 1. The van der Waals surface area contributed by atoms with Crippen LogP contribution in [0.5, 0.6) is 0 Å². The highest BCUT2D eigenvalue weighted by molar-refractivity contribution is 7.23. The quantitative estimate of drug-likeness (QED) is 0.377. The van der Waals surface area contributed by atoms with Crippen molar-refractivity contribution < 1.29 is 21.7 Å². The highest BCUT2D eigenvalue weighted by atomic mass is 32.1. The average Bonchev–Trinajstić information content (AvgIpc) is 3.76. The lowest BCUT2D eigenvalue weighted by Gasteiger charge is -2.39. The molecule has 3 aliphatic heterocycles. The average molecular weight is 583 g/mol. The molecule has 9 nitrogen and oxygen atoms in total. The number of hydrogen-bond donors (Lipinski definition) is 1. The van der Waals surface area contributed by atoms with Gasteiger partial charge in [-0.1, -0.05) is 0 Å². The fourth-order valence-electron chi connectivity index (χ4n) is 6.27. The van der Waals surface area contributed by atoms with Gasteiger partial charge in [0.25, 0.3) is 0 Å². The summed E-state index contributed by atoms with van der Waals surface area (Å²) in [4.78, 5) is 19.3. The van der Waals surface area contributed by atoms with E-state index in [1.54, 1.807) is 11.1 Å². The molecule has 0 radical (unpaired) electrons. The molecule has 0 saturated carbocycles. The van der Waals surface area contributed by atoms with Gasteiger partial charge in [-0.25, -0.2) is 18.7 Å². The van der Waals surface area contributed by atoms with Crippen LogP contribution in [0.3, 0.4) is 0 Å². The van der Waals surface area contributed by atoms with Gasteiger partial charge in [-0.15, -0.1) is 11.3 Å². The first-order chi connectivity index (χ1) is 22.3. The maximum Gasteiger partial charge on any atom is 0.226 e. The van der Waals surface area contributed by atoms with Crippen LogP contribution < -0.4 is 10.6 Å². The number of fused-ring (bicyclic) bond motifs is 4. The Bertz CT molecular complexity index is 1930. The third-order valence-corrected chi connectivity index (χ3v) is 9.44. The van der Waals surface area contributed by atoms with Crippen LogP contribution in [0.4, 0.5) is 19.7 Å². The van der Waals surface area contributed by atoms with Gasteiger partial charge in [-0.3, -0.25) is 14.8 Å². The predicted molar refractivity (Wildman–Crippen MR) is 155 cm³/mol. The summed E-state index contributed by atoms with van der Waals surface area (Å²) in [6.07, 6.45) is 3.36. The Morgan fingerprint density at radius 2 is 1.95 bits per heavy atom. The topological polar surface area (TPSA) is 107 Å². The summed E-state index contributed by atoms with van der Waals surface area (Å²) >= 11 is 0.914. The van der Waals surface area contributed by atoms with Gasteiger partial charge in [0.05, 0.1) is 35.4 Å². The molecular weight excluding hydrogens is 546 g/mol. The number of hydrogen-bond acceptors (Lipinski definition) is 10. The van der Waals surface area contributed by atoms with Gasteiger partial charge in [0.2, 0.25) is 5.95 Å². The van der Waals surface area contributed by atoms with Gasteiger partial charge in [0, 0.05) is 82.1 Å². The van der Waals surface area contributed by atoms with Crippen LogP contribution in [-0.4, -0.2) is 76.1 Å². The molecule has 7 rings (SSSR count). The molecule has 0 aliphatic carbocycles. The summed E-state index contributed by atoms with van der Waals surface area (Å²) in [5.74, 6) is -0.992. The second-order valence-electron chi connectivity index (χ2n) is 10.5. The highest BCUT2D eigenvalue weighted by Crippen LogP contribution is 2.45. The molecule has 1 aromatic carbocycles. The molecule has 4 aromatic rings. The monoisotopic (exact) mass is 582 g/mol. The molecule has 2 N–H and O–H groups in total. The molecule has 0 amide bonds. The Morgan fingerprint density at radius 1 is 1.15 bits per heavy atom. The lowest BCUT2D eigenvalue weighted by atomic mass is 9.94. The van der Waals surface area contributed by atoms with E-state index >= 15 is 4.39 Å². The molecule has 41 heavy (non-hydrogen) atoms. The van der Waals surface area contributed by atoms with Gasteiger partial charge in [0.15, 0.2) is 11.6 Å². The first-order valence-corrected chi connectivity index (χ1v) is 14.2. The number of anilines is 2. The molecule has 6 heterocycles. The van der Waals surface area contributed by atoms with E-state index in [2.05, 4.69) is 19.9 Å². The van der Waals surface area contributed by atoms with Crippen LogP contribution in [0.25, 0.3) is 32.2 Å². The van der Waals surface area contributed by atoms with E-state index in [9.17, 15) is 9.65 Å². The molecule has 1 atom stereocenters. The minimum absolute atomic E-state index is 0.0406. The molecule has 12 heteroatoms. The van der Waals surface area contributed by atoms with Crippen molar-refractivity contribution in [3.05, 3.63) is 40.7 Å². The number of nitrogens with zero attached hydrogens (tertiary/aromatic N) is 7. The molecule has 212 valence electrons. The normalized spacial score (nSPS) is 22.8. The molecule has 2 saturated heterocycles. The summed E-state index contributed by atoms with van der Waals surface area (Å²) in [5, 5.41) is 10.6. The highest BCUT2D eigenvalue weighted by Gasteiger charge is 2.33. The Labute approximate surface area is 248 Å². The minimum Gasteiger partial charge on any atom is -0.389 e. The van der Waals surface area contributed by atoms with E-state index in [0.29, 0.717) is 61.7 Å². The Morgan fingerprint density at radius 3 is 2.73 bits per heavy atom. The van der Waals surface area contributed by atoms with E-state index in [0.717, 1.165) is 24.0 Å². The fraction of sp³-hybridized carbons (Fsp3) is 0.448. The molecule has 0 bridgehead atoms. The number of nitrogens with two attached hydrogens (primary N) is 1. The number of pyridine rings is 1. The van der Waals surface area contributed by atoms with Gasteiger partial charge in [-0.2, -0.15) is 5.26 Å². The van der Waals surface area contributed by atoms with Crippen LogP contribution in [0, 0.1) is 23.0 Å². The van der Waals surface area contributed by atoms with Crippen LogP contribution >= 0.6 is 11.3 Å². The Kier molecular flexibility index (Phi) is 5.02. The third kappa shape index (κ3) is 4.22. The van der Waals surface area contributed by atoms with Crippen molar-refractivity contribution in [2.75, 3.05) is 49.9 Å². The first-order valence-electron chi connectivity index (χ1n) is 16.4. The van der Waals surface area contributed by atoms with Crippen LogP contribution in [-0.2, 0) is 18.0 Å². The summed E-state index contributed by atoms with van der Waals surface area (Å²) in [6.45, 7) is -2.13. The number of aromatic nitrogens is 3. The van der Waals surface area contributed by atoms with Crippen LogP contribution in [0.1, 0.15) is 45.0 Å². The second kappa shape index (κ2) is 10.1. The zero-order valence-electron chi connectivity index (χ0n) is 28.0. The lowest BCUT2D eigenvalue weighted by Crippen LogP contribution is -2.52. The van der Waals surface area contributed by atoms with Gasteiger partial charge < -0.3 is 15.4 Å². The lowest BCUT2D eigenvalue weighted by molar-refractivity contribution is 0.0842. The number of halogens is 2. The number of nitriles is 1. The number of benzene rings is 1. The van der Waals surface area contributed by atoms with Crippen molar-refractivity contribution >= 4 is 43.3 Å². The second-order valence-corrected chi connectivity index (χ2v) is 11.6. The number of nitrogen functional groups attached to an aromatic ring is 1. The fourth-order valence-corrected chi connectivity index (χ4v) is 7.19. The van der Waals surface area contributed by atoms with Crippen molar-refractivity contribution in [3.8, 4) is 17.3 Å². The number of thiophene rings is 1. The molecular formula is C29H30F2N8OS. The van der Waals surface area contributed by atoms with Crippen LogP contribution in [0.15, 0.2) is 12.4 Å². The molecule has 0 spiro atoms. The zero-order valence-corrected chi connectivity index (χ0v) is 22.8. The maximum absolute atomic E-state index is 16.7. The summed E-state index contributed by atoms with van der Waals surface area (Å²) < 4.78 is 84.0. The minimum atomic E-state index is -2.62. The standard InChI is InChI=1S/C29H30F2N8OS/c1-15(2)37-5-7-38(8-6-37)16-3-4-39(12-16)29-35-10-18-19-13-40-14-20(19)22(24(31)25(18)36-29)26-23-17(9-32)28(33)41-27(23)21(30)11-34-26/h10-11,15-16H,3-8,12-14,33H2,1-2H3/t16-/m0/s1/i1D3,2D3. The molecule has 2 fully saturated rings. The van der Waals surface area contributed by atoms with E-state index in [1.165, 1.54) is 0 Å². The number of piperazine rings is 1. The predicted octanol–water partition coefficient (Wildman–Crippen LogP) is 4.27. The molecule has 0 unspecified atom stereocenters. The van der Waals surface area contributed by atoms with Gasteiger partial charge in [-0.05, 0) is 31.3 Å². The van der Waals surface area contributed by atoms with Gasteiger partial charge in [0.1, 0.15) is 16.6 Å². The van der Waals surface area contributed by atoms with E-state index < -0.39 is 31.4 Å². The number of rotatable bonds is 4. The van der Waals surface area contributed by atoms with Crippen molar-refractivity contribution in [2.24, 2.45) is 0 Å². The Hall–Kier alpha value is -3.50. The molecule has 3 aromatic heterocycles. The van der Waals surface area contributed by atoms with Crippen molar-refractivity contribution in [1.29, 1.82) is 5.26 Å². The van der Waals surface area contributed by atoms with Crippen molar-refractivity contribution in [1.82, 2.24) is 24.8 Å². The maximum atomic E-state index is 16.7. The SMILES string of the molecule is [2H]C([2H])([2H])C(N1CCN([C@H]2CCN(c3ncc4c5c(c(-c6ncc(F)c7sc(N)c(C#N)c67)c(F)c4n3)COC5)C2)CC1)C([2H])([2H])[2H]. The Balaban J connectivity index is 1.18. The largest absolute Gasteiger partial charge is 0.389 e. The summed E-state index contributed by atoms with van der Waals surface area (Å²) in [6, 6.07) is 0.592. The van der Waals surface area contributed by atoms with E-state index in [-0.39, 0.29) is 56.7 Å². The van der Waals surface area contributed by atoms with Crippen molar-refractivity contribution in [2.45, 2.75) is 45.4 Å². The summed E-state index contributed by atoms with van der Waals surface area (Å²) in [7, 11) is 0. The third-order valence-electron chi connectivity index (χ3n) is 8.41. The smallest absolute Gasteiger partial charge is 0.226 e. The van der Waals surface area contributed by atoms with Crippen LogP contribution in [0.2, 0.25) is 0 Å². The van der Waals surface area contributed by atoms with Crippen molar-refractivity contribution in [3.63, 3.8) is 0 Å². The molecule has 3 aliphatic rings.